The number of unbranched alkanes of at least 4 members (excludes halogenated alkanes) is 6. The van der Waals surface area contributed by atoms with Crippen molar-refractivity contribution >= 4 is 18.0 Å². The van der Waals surface area contributed by atoms with E-state index >= 15 is 0 Å². The van der Waals surface area contributed by atoms with E-state index in [0.717, 1.165) is 41.1 Å². The van der Waals surface area contributed by atoms with Crippen LogP contribution >= 0.6 is 11.8 Å². The summed E-state index contributed by atoms with van der Waals surface area (Å²) in [4.78, 5) is 0. The molecule has 0 atom stereocenters. The average molecular weight is 447 g/mol. The van der Waals surface area contributed by atoms with Gasteiger partial charge in [0.2, 0.25) is 5.16 Å². The quantitative estimate of drug-likeness (QED) is 0.177. The molecule has 2 aromatic rings. The monoisotopic (exact) mass is 446 g/mol. The molecule has 0 aliphatic rings. The van der Waals surface area contributed by atoms with Crippen LogP contribution in [-0.2, 0) is 0 Å². The van der Waals surface area contributed by atoms with Crippen LogP contribution in [0.2, 0.25) is 0 Å². The Kier molecular flexibility index (Phi) is 11.5. The molecule has 172 valence electrons. The summed E-state index contributed by atoms with van der Waals surface area (Å²) < 4.78 is 13.6. The molecule has 0 fully saturated rings. The molecule has 0 radical (unpaired) electrons. The number of thioether (sulfide) groups is 1. The third kappa shape index (κ3) is 8.20. The van der Waals surface area contributed by atoms with Crippen LogP contribution in [0.4, 0.5) is 0 Å². The normalized spacial score (nSPS) is 11.5. The summed E-state index contributed by atoms with van der Waals surface area (Å²) in [5, 5.41) is 13.9. The summed E-state index contributed by atoms with van der Waals surface area (Å²) in [6, 6.07) is 5.95. The van der Waals surface area contributed by atoms with Crippen molar-refractivity contribution in [3.63, 3.8) is 0 Å². The standard InChI is InChI=1S/C24H38N4O2S/c1-6-8-9-10-11-12-13-16-30-21-15-14-20(17-22(21)29-7-2)18-25-28-23(19(3)4)26-27-24(28)31-5/h14-15,17-19H,6-13,16H2,1-5H3/b25-18-. The molecule has 6 nitrogen and oxygen atoms in total. The molecule has 1 aromatic heterocycles. The zero-order valence-corrected chi connectivity index (χ0v) is 20.6. The zero-order chi connectivity index (χ0) is 22.5. The maximum absolute atomic E-state index is 6.01. The van der Waals surface area contributed by atoms with E-state index in [-0.39, 0.29) is 5.92 Å². The van der Waals surface area contributed by atoms with Crippen molar-refractivity contribution < 1.29 is 9.47 Å². The fraction of sp³-hybridized carbons (Fsp3) is 0.625. The minimum atomic E-state index is 0.243. The van der Waals surface area contributed by atoms with E-state index < -0.39 is 0 Å². The third-order valence-corrected chi connectivity index (χ3v) is 5.55. The van der Waals surface area contributed by atoms with Crippen LogP contribution in [0.15, 0.2) is 28.5 Å². The summed E-state index contributed by atoms with van der Waals surface area (Å²) in [6.45, 7) is 9.72. The first kappa shape index (κ1) is 25.2. The average Bonchev–Trinajstić information content (AvgIpc) is 3.18. The lowest BCUT2D eigenvalue weighted by Crippen LogP contribution is -2.03. The maximum atomic E-state index is 6.01. The lowest BCUT2D eigenvalue weighted by atomic mass is 10.1. The molecule has 7 heteroatoms. The van der Waals surface area contributed by atoms with Crippen LogP contribution < -0.4 is 9.47 Å². The highest BCUT2D eigenvalue weighted by Gasteiger charge is 2.13. The minimum Gasteiger partial charge on any atom is -0.490 e. The number of hydrogen-bond donors (Lipinski definition) is 0. The van der Waals surface area contributed by atoms with Gasteiger partial charge in [0.25, 0.3) is 0 Å². The van der Waals surface area contributed by atoms with Gasteiger partial charge >= 0.3 is 0 Å². The summed E-state index contributed by atoms with van der Waals surface area (Å²) in [7, 11) is 0. The van der Waals surface area contributed by atoms with Gasteiger partial charge in [-0.15, -0.1) is 10.2 Å². The molecule has 0 unspecified atom stereocenters. The molecular formula is C24H38N4O2S. The van der Waals surface area contributed by atoms with E-state index in [2.05, 4.69) is 36.1 Å². The Morgan fingerprint density at radius 3 is 2.42 bits per heavy atom. The van der Waals surface area contributed by atoms with Crippen molar-refractivity contribution in [2.24, 2.45) is 5.10 Å². The van der Waals surface area contributed by atoms with Crippen molar-refractivity contribution in [2.75, 3.05) is 19.5 Å². The van der Waals surface area contributed by atoms with Gasteiger partial charge in [-0.05, 0) is 43.4 Å². The Morgan fingerprint density at radius 1 is 1.00 bits per heavy atom. The second-order valence-corrected chi connectivity index (χ2v) is 8.64. The second-order valence-electron chi connectivity index (χ2n) is 7.86. The molecule has 0 saturated carbocycles. The Bertz CT molecular complexity index is 805. The van der Waals surface area contributed by atoms with Gasteiger partial charge < -0.3 is 9.47 Å². The van der Waals surface area contributed by atoms with Crippen LogP contribution in [-0.4, -0.2) is 40.6 Å². The molecule has 0 N–H and O–H groups in total. The molecule has 31 heavy (non-hydrogen) atoms. The van der Waals surface area contributed by atoms with Gasteiger partial charge in [0.15, 0.2) is 17.3 Å². The van der Waals surface area contributed by atoms with Crippen LogP contribution in [0.25, 0.3) is 0 Å². The molecule has 0 amide bonds. The van der Waals surface area contributed by atoms with Crippen molar-refractivity contribution in [3.05, 3.63) is 29.6 Å². The molecule has 0 aliphatic carbocycles. The predicted molar refractivity (Wildman–Crippen MR) is 130 cm³/mol. The van der Waals surface area contributed by atoms with E-state index in [0.29, 0.717) is 6.61 Å². The number of aromatic nitrogens is 3. The number of ether oxygens (including phenoxy) is 2. The molecule has 0 aliphatic heterocycles. The lowest BCUT2D eigenvalue weighted by Gasteiger charge is -2.12. The Hall–Kier alpha value is -2.02. The topological polar surface area (TPSA) is 61.5 Å². The SMILES string of the molecule is CCCCCCCCCOc1ccc(/C=N\n2c(SC)nnc2C(C)C)cc1OCC. The highest BCUT2D eigenvalue weighted by Crippen LogP contribution is 2.28. The summed E-state index contributed by atoms with van der Waals surface area (Å²) in [6.07, 6.45) is 12.7. The number of benzene rings is 1. The van der Waals surface area contributed by atoms with E-state index in [4.69, 9.17) is 9.47 Å². The zero-order valence-electron chi connectivity index (χ0n) is 19.8. The molecule has 2 rings (SSSR count). The van der Waals surface area contributed by atoms with Gasteiger partial charge in [0.1, 0.15) is 0 Å². The summed E-state index contributed by atoms with van der Waals surface area (Å²) in [5.74, 6) is 2.64. The van der Waals surface area contributed by atoms with Crippen LogP contribution in [0, 0.1) is 0 Å². The number of rotatable bonds is 15. The van der Waals surface area contributed by atoms with Crippen molar-refractivity contribution in [3.8, 4) is 11.5 Å². The fourth-order valence-electron chi connectivity index (χ4n) is 3.23. The van der Waals surface area contributed by atoms with E-state index in [1.165, 1.54) is 50.3 Å². The van der Waals surface area contributed by atoms with Crippen LogP contribution in [0.3, 0.4) is 0 Å². The first-order valence-electron chi connectivity index (χ1n) is 11.5. The van der Waals surface area contributed by atoms with E-state index in [1.54, 1.807) is 4.68 Å². The summed E-state index contributed by atoms with van der Waals surface area (Å²) in [5.41, 5.74) is 0.946. The van der Waals surface area contributed by atoms with E-state index in [9.17, 15) is 0 Å². The van der Waals surface area contributed by atoms with Crippen LogP contribution in [0.5, 0.6) is 11.5 Å². The van der Waals surface area contributed by atoms with Gasteiger partial charge in [-0.1, -0.05) is 71.1 Å². The predicted octanol–water partition coefficient (Wildman–Crippen LogP) is 6.53. The molecular weight excluding hydrogens is 408 g/mol. The first-order valence-corrected chi connectivity index (χ1v) is 12.8. The van der Waals surface area contributed by atoms with Gasteiger partial charge in [-0.25, -0.2) is 0 Å². The Balaban J connectivity index is 1.99. The second kappa shape index (κ2) is 14.1. The van der Waals surface area contributed by atoms with E-state index in [1.807, 2.05) is 37.6 Å². The van der Waals surface area contributed by atoms with Gasteiger partial charge in [0.05, 0.1) is 19.4 Å². The minimum absolute atomic E-state index is 0.243. The largest absolute Gasteiger partial charge is 0.490 e. The lowest BCUT2D eigenvalue weighted by molar-refractivity contribution is 0.270. The Labute approximate surface area is 191 Å². The van der Waals surface area contributed by atoms with Gasteiger partial charge in [-0.2, -0.15) is 9.78 Å². The van der Waals surface area contributed by atoms with Crippen molar-refractivity contribution in [1.82, 2.24) is 14.9 Å². The first-order chi connectivity index (χ1) is 15.1. The highest BCUT2D eigenvalue weighted by molar-refractivity contribution is 7.98. The molecule has 1 aromatic carbocycles. The highest BCUT2D eigenvalue weighted by atomic mass is 32.2. The fourth-order valence-corrected chi connectivity index (χ4v) is 3.67. The number of nitrogens with zero attached hydrogens (tertiary/aromatic N) is 4. The molecule has 0 spiro atoms. The maximum Gasteiger partial charge on any atom is 0.211 e. The van der Waals surface area contributed by atoms with Gasteiger partial charge in [0, 0.05) is 5.92 Å². The van der Waals surface area contributed by atoms with Crippen molar-refractivity contribution in [2.45, 2.75) is 83.7 Å². The van der Waals surface area contributed by atoms with Crippen LogP contribution in [0.1, 0.15) is 89.9 Å². The molecule has 1 heterocycles. The Morgan fingerprint density at radius 2 is 1.74 bits per heavy atom. The molecule has 0 saturated heterocycles. The third-order valence-electron chi connectivity index (χ3n) is 4.93. The van der Waals surface area contributed by atoms with Gasteiger partial charge in [-0.3, -0.25) is 0 Å². The number of hydrogen-bond acceptors (Lipinski definition) is 6. The van der Waals surface area contributed by atoms with Crippen molar-refractivity contribution in [1.29, 1.82) is 0 Å². The smallest absolute Gasteiger partial charge is 0.211 e. The molecule has 0 bridgehead atoms. The summed E-state index contributed by atoms with van der Waals surface area (Å²) >= 11 is 1.53.